The molecule has 0 saturated heterocycles. The molecule has 0 radical (unpaired) electrons. The first-order valence-electron chi connectivity index (χ1n) is 10.5. The van der Waals surface area contributed by atoms with Gasteiger partial charge in [-0.1, -0.05) is 19.1 Å². The van der Waals surface area contributed by atoms with E-state index < -0.39 is 22.0 Å². The van der Waals surface area contributed by atoms with Gasteiger partial charge < -0.3 is 19.5 Å². The molecule has 9 heteroatoms. The summed E-state index contributed by atoms with van der Waals surface area (Å²) in [7, 11) is -2.14. The summed E-state index contributed by atoms with van der Waals surface area (Å²) in [6.45, 7) is 6.28. The Balaban J connectivity index is 1.85. The summed E-state index contributed by atoms with van der Waals surface area (Å²) in [4.78, 5) is 13.1. The first-order valence-corrected chi connectivity index (χ1v) is 12.3. The second-order valence-electron chi connectivity index (χ2n) is 7.76. The number of ether oxygens (including phenoxy) is 3. The minimum atomic E-state index is -3.75. The van der Waals surface area contributed by atoms with Gasteiger partial charge in [0.25, 0.3) is 0 Å². The second-order valence-corrected chi connectivity index (χ2v) is 9.62. The van der Waals surface area contributed by atoms with Gasteiger partial charge in [-0.05, 0) is 49.6 Å². The standard InChI is InChI=1S/C23H30N2O6S/c1-6-19(17-7-9-20(29-4)15(2)13-17)24-23(26)16(3)25(32(5,27)28)18-8-10-21-22(14-18)31-12-11-30-21/h7-10,13-14,16,19H,6,11-12H2,1-5H3,(H,24,26). The van der Waals surface area contributed by atoms with Gasteiger partial charge in [0.1, 0.15) is 25.0 Å². The number of rotatable bonds is 8. The van der Waals surface area contributed by atoms with Crippen LogP contribution in [0.3, 0.4) is 0 Å². The molecule has 1 aliphatic heterocycles. The van der Waals surface area contributed by atoms with Crippen LogP contribution in [0.1, 0.15) is 37.4 Å². The van der Waals surface area contributed by atoms with Crippen LogP contribution in [-0.4, -0.2) is 46.9 Å². The molecule has 1 heterocycles. The predicted molar refractivity (Wildman–Crippen MR) is 123 cm³/mol. The van der Waals surface area contributed by atoms with E-state index in [1.807, 2.05) is 32.0 Å². The molecule has 0 aliphatic carbocycles. The molecule has 0 saturated carbocycles. The van der Waals surface area contributed by atoms with Gasteiger partial charge in [0, 0.05) is 6.07 Å². The number of nitrogens with zero attached hydrogens (tertiary/aromatic N) is 1. The van der Waals surface area contributed by atoms with Crippen molar-refractivity contribution in [2.75, 3.05) is 30.9 Å². The zero-order chi connectivity index (χ0) is 23.5. The van der Waals surface area contributed by atoms with Crippen molar-refractivity contribution in [2.45, 2.75) is 39.3 Å². The predicted octanol–water partition coefficient (Wildman–Crippen LogP) is 3.20. The zero-order valence-electron chi connectivity index (χ0n) is 19.0. The van der Waals surface area contributed by atoms with Crippen molar-refractivity contribution in [3.63, 3.8) is 0 Å². The maximum Gasteiger partial charge on any atom is 0.244 e. The summed E-state index contributed by atoms with van der Waals surface area (Å²) < 4.78 is 42.8. The number of methoxy groups -OCH3 is 1. The van der Waals surface area contributed by atoms with Crippen molar-refractivity contribution < 1.29 is 27.4 Å². The van der Waals surface area contributed by atoms with Crippen molar-refractivity contribution in [2.24, 2.45) is 0 Å². The Morgan fingerprint density at radius 2 is 1.84 bits per heavy atom. The lowest BCUT2D eigenvalue weighted by atomic mass is 10.0. The monoisotopic (exact) mass is 462 g/mol. The van der Waals surface area contributed by atoms with E-state index >= 15 is 0 Å². The molecule has 1 aliphatic rings. The van der Waals surface area contributed by atoms with Crippen LogP contribution in [0.2, 0.25) is 0 Å². The van der Waals surface area contributed by atoms with E-state index in [4.69, 9.17) is 14.2 Å². The smallest absolute Gasteiger partial charge is 0.244 e. The Bertz CT molecular complexity index is 1090. The van der Waals surface area contributed by atoms with Crippen molar-refractivity contribution >= 4 is 21.6 Å². The average molecular weight is 463 g/mol. The molecule has 2 aromatic carbocycles. The number of nitrogens with one attached hydrogen (secondary N) is 1. The molecule has 3 rings (SSSR count). The number of benzene rings is 2. The number of sulfonamides is 1. The van der Waals surface area contributed by atoms with Crippen LogP contribution < -0.4 is 23.8 Å². The van der Waals surface area contributed by atoms with E-state index in [0.29, 0.717) is 36.8 Å². The SMILES string of the molecule is CCC(NC(=O)C(C)N(c1ccc2c(c1)OCCO2)S(C)(=O)=O)c1ccc(OC)c(C)c1. The van der Waals surface area contributed by atoms with E-state index in [0.717, 1.165) is 27.4 Å². The molecule has 2 atom stereocenters. The number of carbonyl (C=O) groups excluding carboxylic acids is 1. The first-order chi connectivity index (χ1) is 15.2. The molecule has 2 aromatic rings. The number of hydrogen-bond donors (Lipinski definition) is 1. The summed E-state index contributed by atoms with van der Waals surface area (Å²) in [5, 5.41) is 2.99. The van der Waals surface area contributed by atoms with Gasteiger partial charge in [-0.15, -0.1) is 0 Å². The number of carbonyl (C=O) groups is 1. The molecule has 0 fully saturated rings. The molecule has 0 spiro atoms. The number of amides is 1. The first kappa shape index (κ1) is 23.7. The lowest BCUT2D eigenvalue weighted by molar-refractivity contribution is -0.122. The maximum absolute atomic E-state index is 13.1. The van der Waals surface area contributed by atoms with Gasteiger partial charge in [0.15, 0.2) is 11.5 Å². The topological polar surface area (TPSA) is 94.2 Å². The minimum absolute atomic E-state index is 0.267. The Labute approximate surface area is 189 Å². The van der Waals surface area contributed by atoms with E-state index in [2.05, 4.69) is 5.32 Å². The van der Waals surface area contributed by atoms with E-state index in [9.17, 15) is 13.2 Å². The summed E-state index contributed by atoms with van der Waals surface area (Å²) in [6, 6.07) is 9.35. The van der Waals surface area contributed by atoms with Gasteiger partial charge in [0.05, 0.1) is 25.1 Å². The molecule has 0 aromatic heterocycles. The number of hydrogen-bond acceptors (Lipinski definition) is 6. The lowest BCUT2D eigenvalue weighted by Gasteiger charge is -2.30. The van der Waals surface area contributed by atoms with Crippen LogP contribution in [-0.2, 0) is 14.8 Å². The Hall–Kier alpha value is -2.94. The third-order valence-electron chi connectivity index (χ3n) is 5.41. The average Bonchev–Trinajstić information content (AvgIpc) is 2.76. The molecule has 8 nitrogen and oxygen atoms in total. The highest BCUT2D eigenvalue weighted by Crippen LogP contribution is 2.35. The van der Waals surface area contributed by atoms with Crippen molar-refractivity contribution in [1.82, 2.24) is 5.32 Å². The third-order valence-corrected chi connectivity index (χ3v) is 6.66. The Morgan fingerprint density at radius 1 is 1.16 bits per heavy atom. The van der Waals surface area contributed by atoms with Gasteiger partial charge in [-0.3, -0.25) is 9.10 Å². The van der Waals surface area contributed by atoms with Crippen LogP contribution in [0.25, 0.3) is 0 Å². The molecular weight excluding hydrogens is 432 g/mol. The molecule has 2 unspecified atom stereocenters. The normalized spacial score (nSPS) is 14.9. The number of anilines is 1. The third kappa shape index (κ3) is 5.09. The van der Waals surface area contributed by atoms with Gasteiger partial charge >= 0.3 is 0 Å². The molecular formula is C23H30N2O6S. The van der Waals surface area contributed by atoms with Crippen LogP contribution in [0.15, 0.2) is 36.4 Å². The number of fused-ring (bicyclic) bond motifs is 1. The lowest BCUT2D eigenvalue weighted by Crippen LogP contribution is -2.48. The highest BCUT2D eigenvalue weighted by Gasteiger charge is 2.31. The summed E-state index contributed by atoms with van der Waals surface area (Å²) in [5.41, 5.74) is 2.23. The van der Waals surface area contributed by atoms with Crippen LogP contribution in [0, 0.1) is 6.92 Å². The highest BCUT2D eigenvalue weighted by atomic mass is 32.2. The minimum Gasteiger partial charge on any atom is -0.496 e. The fourth-order valence-electron chi connectivity index (χ4n) is 3.81. The highest BCUT2D eigenvalue weighted by molar-refractivity contribution is 7.92. The molecule has 1 N–H and O–H groups in total. The fourth-order valence-corrected chi connectivity index (χ4v) is 4.98. The summed E-state index contributed by atoms with van der Waals surface area (Å²) >= 11 is 0. The van der Waals surface area contributed by atoms with Crippen molar-refractivity contribution in [3.8, 4) is 17.2 Å². The molecule has 174 valence electrons. The zero-order valence-corrected chi connectivity index (χ0v) is 19.9. The quantitative estimate of drug-likeness (QED) is 0.648. The van der Waals surface area contributed by atoms with E-state index in [-0.39, 0.29) is 6.04 Å². The summed E-state index contributed by atoms with van der Waals surface area (Å²) in [5.74, 6) is 1.37. The van der Waals surface area contributed by atoms with Gasteiger partial charge in [-0.2, -0.15) is 0 Å². The molecule has 1 amide bonds. The second kappa shape index (κ2) is 9.68. The largest absolute Gasteiger partial charge is 0.496 e. The fraction of sp³-hybridized carbons (Fsp3) is 0.435. The van der Waals surface area contributed by atoms with E-state index in [1.165, 1.54) is 0 Å². The Morgan fingerprint density at radius 3 is 2.44 bits per heavy atom. The van der Waals surface area contributed by atoms with Crippen molar-refractivity contribution in [1.29, 1.82) is 0 Å². The van der Waals surface area contributed by atoms with Crippen LogP contribution in [0.4, 0.5) is 5.69 Å². The van der Waals surface area contributed by atoms with Crippen LogP contribution >= 0.6 is 0 Å². The van der Waals surface area contributed by atoms with Gasteiger partial charge in [0.2, 0.25) is 15.9 Å². The van der Waals surface area contributed by atoms with Gasteiger partial charge in [-0.25, -0.2) is 8.42 Å². The molecule has 0 bridgehead atoms. The van der Waals surface area contributed by atoms with E-state index in [1.54, 1.807) is 32.2 Å². The van der Waals surface area contributed by atoms with Crippen LogP contribution in [0.5, 0.6) is 17.2 Å². The molecule has 32 heavy (non-hydrogen) atoms. The maximum atomic E-state index is 13.1. The Kier molecular flexibility index (Phi) is 7.18. The summed E-state index contributed by atoms with van der Waals surface area (Å²) in [6.07, 6.45) is 1.73. The number of aryl methyl sites for hydroxylation is 1. The van der Waals surface area contributed by atoms with Crippen molar-refractivity contribution in [3.05, 3.63) is 47.5 Å².